The van der Waals surface area contributed by atoms with Gasteiger partial charge in [-0.3, -0.25) is 9.59 Å². The summed E-state index contributed by atoms with van der Waals surface area (Å²) < 4.78 is 5.37. The number of nitrogens with one attached hydrogen (secondary N) is 2. The second-order valence-corrected chi connectivity index (χ2v) is 4.65. The van der Waals surface area contributed by atoms with Crippen molar-refractivity contribution in [3.63, 3.8) is 0 Å². The second kappa shape index (κ2) is 7.02. The van der Waals surface area contributed by atoms with E-state index in [9.17, 15) is 9.59 Å². The van der Waals surface area contributed by atoms with Crippen LogP contribution in [0.25, 0.3) is 0 Å². The monoisotopic (exact) mass is 278 g/mol. The molecule has 1 heterocycles. The molecule has 0 radical (unpaired) electrons. The van der Waals surface area contributed by atoms with Gasteiger partial charge in [-0.1, -0.05) is 12.1 Å². The normalized spacial score (nSPS) is 18.5. The van der Waals surface area contributed by atoms with Crippen molar-refractivity contribution in [1.29, 1.82) is 0 Å². The van der Waals surface area contributed by atoms with E-state index in [2.05, 4.69) is 10.6 Å². The van der Waals surface area contributed by atoms with Gasteiger partial charge in [-0.2, -0.15) is 0 Å². The lowest BCUT2D eigenvalue weighted by molar-refractivity contribution is -0.137. The molecule has 0 spiro atoms. The number of carboxylic acids is 1. The van der Waals surface area contributed by atoms with Crippen LogP contribution in [0.2, 0.25) is 0 Å². The Morgan fingerprint density at radius 3 is 3.00 bits per heavy atom. The zero-order valence-corrected chi connectivity index (χ0v) is 11.1. The third-order valence-electron chi connectivity index (χ3n) is 3.04. The van der Waals surface area contributed by atoms with E-state index in [1.54, 1.807) is 18.2 Å². The Bertz CT molecular complexity index is 484. The number of amides is 1. The van der Waals surface area contributed by atoms with Crippen LogP contribution in [0, 0.1) is 0 Å². The SMILES string of the molecule is O=C(O)CCc1cccc(NC(=O)C2CNCCO2)c1. The molecule has 0 aromatic heterocycles. The first-order valence-electron chi connectivity index (χ1n) is 6.59. The minimum absolute atomic E-state index is 0.0764. The van der Waals surface area contributed by atoms with Gasteiger partial charge in [0, 0.05) is 25.2 Å². The first-order valence-corrected chi connectivity index (χ1v) is 6.59. The summed E-state index contributed by atoms with van der Waals surface area (Å²) in [5.74, 6) is -1.02. The fraction of sp³-hybridized carbons (Fsp3) is 0.429. The number of hydrogen-bond acceptors (Lipinski definition) is 4. The molecule has 0 saturated carbocycles. The fourth-order valence-corrected chi connectivity index (χ4v) is 2.01. The molecule has 1 aliphatic rings. The Morgan fingerprint density at radius 1 is 1.45 bits per heavy atom. The second-order valence-electron chi connectivity index (χ2n) is 4.65. The molecular formula is C14H18N2O4. The number of morpholine rings is 1. The number of carbonyl (C=O) groups excluding carboxylic acids is 1. The lowest BCUT2D eigenvalue weighted by Gasteiger charge is -2.22. The van der Waals surface area contributed by atoms with Crippen LogP contribution in [0.4, 0.5) is 5.69 Å². The molecule has 0 bridgehead atoms. The van der Waals surface area contributed by atoms with Crippen molar-refractivity contribution in [2.75, 3.05) is 25.0 Å². The Kier molecular flexibility index (Phi) is 5.09. The summed E-state index contributed by atoms with van der Waals surface area (Å²) in [4.78, 5) is 22.5. The molecule has 1 aromatic rings. The molecule has 0 aliphatic carbocycles. The number of carbonyl (C=O) groups is 2. The van der Waals surface area contributed by atoms with Crippen molar-refractivity contribution in [2.24, 2.45) is 0 Å². The highest BCUT2D eigenvalue weighted by atomic mass is 16.5. The summed E-state index contributed by atoms with van der Waals surface area (Å²) in [5, 5.41) is 14.5. The number of ether oxygens (including phenoxy) is 1. The van der Waals surface area contributed by atoms with Crippen LogP contribution in [-0.2, 0) is 20.7 Å². The molecule has 6 nitrogen and oxygen atoms in total. The van der Waals surface area contributed by atoms with E-state index in [1.165, 1.54) is 0 Å². The van der Waals surface area contributed by atoms with Crippen molar-refractivity contribution in [1.82, 2.24) is 5.32 Å². The Balaban J connectivity index is 1.93. The van der Waals surface area contributed by atoms with Crippen molar-refractivity contribution in [2.45, 2.75) is 18.9 Å². The fourth-order valence-electron chi connectivity index (χ4n) is 2.01. The third kappa shape index (κ3) is 4.32. The molecule has 1 aromatic carbocycles. The average Bonchev–Trinajstić information content (AvgIpc) is 2.46. The standard InChI is InChI=1S/C14H18N2O4/c17-13(18)5-4-10-2-1-3-11(8-10)16-14(19)12-9-15-6-7-20-12/h1-3,8,12,15H,4-7,9H2,(H,16,19)(H,17,18). The Labute approximate surface area is 117 Å². The van der Waals surface area contributed by atoms with E-state index in [0.29, 0.717) is 25.3 Å². The maximum Gasteiger partial charge on any atom is 0.303 e. The number of aryl methyl sites for hydroxylation is 1. The molecule has 1 unspecified atom stereocenters. The molecule has 108 valence electrons. The summed E-state index contributed by atoms with van der Waals surface area (Å²) in [5.41, 5.74) is 1.54. The van der Waals surface area contributed by atoms with Crippen molar-refractivity contribution < 1.29 is 19.4 Å². The predicted molar refractivity (Wildman–Crippen MR) is 73.6 cm³/mol. The maximum atomic E-state index is 12.0. The number of aliphatic carboxylic acids is 1. The maximum absolute atomic E-state index is 12.0. The lowest BCUT2D eigenvalue weighted by atomic mass is 10.1. The van der Waals surface area contributed by atoms with Gasteiger partial charge >= 0.3 is 5.97 Å². The Morgan fingerprint density at radius 2 is 2.30 bits per heavy atom. The van der Waals surface area contributed by atoms with Crippen LogP contribution in [0.3, 0.4) is 0 Å². The summed E-state index contributed by atoms with van der Waals surface area (Å²) in [6, 6.07) is 7.21. The highest BCUT2D eigenvalue weighted by Crippen LogP contribution is 2.13. The van der Waals surface area contributed by atoms with E-state index in [4.69, 9.17) is 9.84 Å². The van der Waals surface area contributed by atoms with Gasteiger partial charge in [0.15, 0.2) is 0 Å². The smallest absolute Gasteiger partial charge is 0.303 e. The van der Waals surface area contributed by atoms with Crippen LogP contribution in [0.1, 0.15) is 12.0 Å². The summed E-state index contributed by atoms with van der Waals surface area (Å²) in [7, 11) is 0. The number of carboxylic acid groups (broad SMARTS) is 1. The van der Waals surface area contributed by atoms with Crippen molar-refractivity contribution >= 4 is 17.6 Å². The van der Waals surface area contributed by atoms with Gasteiger partial charge in [-0.05, 0) is 24.1 Å². The van der Waals surface area contributed by atoms with Crippen LogP contribution < -0.4 is 10.6 Å². The highest BCUT2D eigenvalue weighted by molar-refractivity contribution is 5.94. The van der Waals surface area contributed by atoms with Crippen molar-refractivity contribution in [3.8, 4) is 0 Å². The lowest BCUT2D eigenvalue weighted by Crippen LogP contribution is -2.45. The van der Waals surface area contributed by atoms with E-state index in [0.717, 1.165) is 12.1 Å². The predicted octanol–water partition coefficient (Wildman–Crippen LogP) is 0.631. The number of rotatable bonds is 5. The minimum atomic E-state index is -0.832. The van der Waals surface area contributed by atoms with Crippen LogP contribution in [0.5, 0.6) is 0 Å². The van der Waals surface area contributed by atoms with E-state index in [-0.39, 0.29) is 12.3 Å². The van der Waals surface area contributed by atoms with Gasteiger partial charge in [-0.25, -0.2) is 0 Å². The summed E-state index contributed by atoms with van der Waals surface area (Å²) in [6.07, 6.45) is 0.0413. The van der Waals surface area contributed by atoms with Gasteiger partial charge in [-0.15, -0.1) is 0 Å². The van der Waals surface area contributed by atoms with E-state index >= 15 is 0 Å². The average molecular weight is 278 g/mol. The van der Waals surface area contributed by atoms with Crippen LogP contribution in [0.15, 0.2) is 24.3 Å². The topological polar surface area (TPSA) is 87.7 Å². The highest BCUT2D eigenvalue weighted by Gasteiger charge is 2.21. The number of anilines is 1. The molecule has 1 amide bonds. The Hall–Kier alpha value is -1.92. The van der Waals surface area contributed by atoms with E-state index in [1.807, 2.05) is 6.07 Å². The van der Waals surface area contributed by atoms with Gasteiger partial charge in [0.1, 0.15) is 6.10 Å². The van der Waals surface area contributed by atoms with E-state index < -0.39 is 12.1 Å². The molecule has 20 heavy (non-hydrogen) atoms. The number of benzene rings is 1. The minimum Gasteiger partial charge on any atom is -0.481 e. The molecule has 1 fully saturated rings. The van der Waals surface area contributed by atoms with Crippen LogP contribution in [-0.4, -0.2) is 42.8 Å². The molecule has 1 atom stereocenters. The first-order chi connectivity index (χ1) is 9.65. The largest absolute Gasteiger partial charge is 0.481 e. The molecule has 2 rings (SSSR count). The molecule has 6 heteroatoms. The molecule has 1 saturated heterocycles. The summed E-state index contributed by atoms with van der Waals surface area (Å²) in [6.45, 7) is 1.79. The van der Waals surface area contributed by atoms with Crippen LogP contribution >= 0.6 is 0 Å². The van der Waals surface area contributed by atoms with Crippen molar-refractivity contribution in [3.05, 3.63) is 29.8 Å². The zero-order valence-electron chi connectivity index (χ0n) is 11.1. The zero-order chi connectivity index (χ0) is 14.4. The molecule has 3 N–H and O–H groups in total. The van der Waals surface area contributed by atoms with Gasteiger partial charge in [0.05, 0.1) is 6.61 Å². The third-order valence-corrected chi connectivity index (χ3v) is 3.04. The van der Waals surface area contributed by atoms with Gasteiger partial charge < -0.3 is 20.5 Å². The molecule has 1 aliphatic heterocycles. The number of hydrogen-bond donors (Lipinski definition) is 3. The molecular weight excluding hydrogens is 260 g/mol. The van der Waals surface area contributed by atoms with Gasteiger partial charge in [0.2, 0.25) is 0 Å². The first kappa shape index (κ1) is 14.5. The summed E-state index contributed by atoms with van der Waals surface area (Å²) >= 11 is 0. The quantitative estimate of drug-likeness (QED) is 0.735. The van der Waals surface area contributed by atoms with Gasteiger partial charge in [0.25, 0.3) is 5.91 Å².